The molecule has 8 nitrogen and oxygen atoms in total. The van der Waals surface area contributed by atoms with Gasteiger partial charge in [-0.2, -0.15) is 0 Å². The molecule has 0 radical (unpaired) electrons. The number of nitro groups is 1. The SMILES string of the molecule is COc1cc([N+](=O)[O-])c(OC)cc1CNC(=O)Nc1ccccc1. The first-order valence-electron chi connectivity index (χ1n) is 7.04. The van der Waals surface area contributed by atoms with Gasteiger partial charge in [0.25, 0.3) is 0 Å². The Kier molecular flexibility index (Phi) is 5.56. The molecule has 0 bridgehead atoms. The van der Waals surface area contributed by atoms with Gasteiger partial charge in [0.15, 0.2) is 5.75 Å². The van der Waals surface area contributed by atoms with Gasteiger partial charge in [-0.1, -0.05) is 18.2 Å². The molecule has 0 unspecified atom stereocenters. The van der Waals surface area contributed by atoms with Gasteiger partial charge in [0, 0.05) is 17.8 Å². The van der Waals surface area contributed by atoms with E-state index in [4.69, 9.17) is 9.47 Å². The summed E-state index contributed by atoms with van der Waals surface area (Å²) in [6, 6.07) is 11.3. The summed E-state index contributed by atoms with van der Waals surface area (Å²) in [6.07, 6.45) is 0. The minimum atomic E-state index is -0.555. The summed E-state index contributed by atoms with van der Waals surface area (Å²) in [7, 11) is 2.74. The summed E-state index contributed by atoms with van der Waals surface area (Å²) in [4.78, 5) is 22.4. The number of methoxy groups -OCH3 is 2. The third kappa shape index (κ3) is 4.13. The Morgan fingerprint density at radius 2 is 1.79 bits per heavy atom. The first-order chi connectivity index (χ1) is 11.5. The van der Waals surface area contributed by atoms with Crippen molar-refractivity contribution in [3.05, 3.63) is 58.1 Å². The van der Waals surface area contributed by atoms with E-state index in [0.717, 1.165) is 0 Å². The van der Waals surface area contributed by atoms with Gasteiger partial charge in [-0.3, -0.25) is 10.1 Å². The van der Waals surface area contributed by atoms with Crippen LogP contribution >= 0.6 is 0 Å². The van der Waals surface area contributed by atoms with Gasteiger partial charge in [-0.25, -0.2) is 4.79 Å². The molecule has 0 aromatic heterocycles. The average molecular weight is 331 g/mol. The smallest absolute Gasteiger partial charge is 0.319 e. The quantitative estimate of drug-likeness (QED) is 0.626. The van der Waals surface area contributed by atoms with Crippen LogP contribution in [0, 0.1) is 10.1 Å². The predicted octanol–water partition coefficient (Wildman–Crippen LogP) is 2.93. The summed E-state index contributed by atoms with van der Waals surface area (Å²) in [6.45, 7) is 0.121. The Labute approximate surface area is 138 Å². The molecule has 0 saturated heterocycles. The standard InChI is InChI=1S/C16H17N3O5/c1-23-14-9-13(19(21)22)15(24-2)8-11(14)10-17-16(20)18-12-6-4-3-5-7-12/h3-9H,10H2,1-2H3,(H2,17,18,20). The Morgan fingerprint density at radius 3 is 2.38 bits per heavy atom. The fourth-order valence-electron chi connectivity index (χ4n) is 2.10. The van der Waals surface area contributed by atoms with Crippen molar-refractivity contribution in [3.8, 4) is 11.5 Å². The molecule has 126 valence electrons. The molecular weight excluding hydrogens is 314 g/mol. The molecule has 2 amide bonds. The van der Waals surface area contributed by atoms with Gasteiger partial charge in [-0.05, 0) is 18.2 Å². The lowest BCUT2D eigenvalue weighted by atomic mass is 10.1. The highest BCUT2D eigenvalue weighted by Crippen LogP contribution is 2.34. The van der Waals surface area contributed by atoms with Crippen molar-refractivity contribution in [2.75, 3.05) is 19.5 Å². The zero-order valence-corrected chi connectivity index (χ0v) is 13.2. The van der Waals surface area contributed by atoms with Crippen LogP contribution in [0.4, 0.5) is 16.2 Å². The minimum Gasteiger partial charge on any atom is -0.496 e. The number of rotatable bonds is 6. The lowest BCUT2D eigenvalue weighted by molar-refractivity contribution is -0.385. The first kappa shape index (κ1) is 17.1. The molecule has 0 aliphatic carbocycles. The summed E-state index contributed by atoms with van der Waals surface area (Å²) in [5, 5.41) is 16.4. The van der Waals surface area contributed by atoms with Crippen molar-refractivity contribution in [2.45, 2.75) is 6.54 Å². The van der Waals surface area contributed by atoms with Gasteiger partial charge in [-0.15, -0.1) is 0 Å². The van der Waals surface area contributed by atoms with E-state index in [0.29, 0.717) is 17.0 Å². The summed E-state index contributed by atoms with van der Waals surface area (Å²) < 4.78 is 10.2. The summed E-state index contributed by atoms with van der Waals surface area (Å²) in [5.41, 5.74) is 1.01. The van der Waals surface area contributed by atoms with Crippen LogP contribution in [0.15, 0.2) is 42.5 Å². The molecule has 0 atom stereocenters. The summed E-state index contributed by atoms with van der Waals surface area (Å²) >= 11 is 0. The van der Waals surface area contributed by atoms with Crippen LogP contribution in [-0.4, -0.2) is 25.2 Å². The number of nitrogens with one attached hydrogen (secondary N) is 2. The van der Waals surface area contributed by atoms with Crippen LogP contribution in [0.5, 0.6) is 11.5 Å². The van der Waals surface area contributed by atoms with E-state index in [2.05, 4.69) is 10.6 Å². The number of para-hydroxylation sites is 1. The lowest BCUT2D eigenvalue weighted by Gasteiger charge is -2.12. The molecule has 2 N–H and O–H groups in total. The number of hydrogen-bond acceptors (Lipinski definition) is 5. The molecule has 2 aromatic rings. The third-order valence-corrected chi connectivity index (χ3v) is 3.25. The van der Waals surface area contributed by atoms with E-state index in [9.17, 15) is 14.9 Å². The largest absolute Gasteiger partial charge is 0.496 e. The second kappa shape index (κ2) is 7.82. The highest BCUT2D eigenvalue weighted by atomic mass is 16.6. The maximum absolute atomic E-state index is 11.9. The number of carbonyl (C=O) groups is 1. The van der Waals surface area contributed by atoms with Crippen molar-refractivity contribution in [1.29, 1.82) is 0 Å². The normalized spacial score (nSPS) is 9.92. The molecule has 2 aromatic carbocycles. The molecule has 0 aliphatic heterocycles. The van der Waals surface area contributed by atoms with E-state index in [1.807, 2.05) is 6.07 Å². The molecule has 0 saturated carbocycles. The van der Waals surface area contributed by atoms with Gasteiger partial charge < -0.3 is 20.1 Å². The highest BCUT2D eigenvalue weighted by Gasteiger charge is 2.19. The number of carbonyl (C=O) groups excluding carboxylic acids is 1. The monoisotopic (exact) mass is 331 g/mol. The number of nitro benzene ring substituents is 1. The van der Waals surface area contributed by atoms with Crippen molar-refractivity contribution >= 4 is 17.4 Å². The molecule has 0 fully saturated rings. The number of urea groups is 1. The molecule has 8 heteroatoms. The molecular formula is C16H17N3O5. The number of amides is 2. The van der Waals surface area contributed by atoms with Crippen molar-refractivity contribution < 1.29 is 19.2 Å². The van der Waals surface area contributed by atoms with Crippen LogP contribution in [0.25, 0.3) is 0 Å². The first-order valence-corrected chi connectivity index (χ1v) is 7.04. The van der Waals surface area contributed by atoms with Gasteiger partial charge >= 0.3 is 11.7 Å². The zero-order valence-electron chi connectivity index (χ0n) is 13.2. The summed E-state index contributed by atoms with van der Waals surface area (Å²) in [5.74, 6) is 0.392. The maximum atomic E-state index is 11.9. The van der Waals surface area contributed by atoms with Gasteiger partial charge in [0.05, 0.1) is 25.2 Å². The molecule has 0 heterocycles. The van der Waals surface area contributed by atoms with Crippen molar-refractivity contribution in [3.63, 3.8) is 0 Å². The van der Waals surface area contributed by atoms with Gasteiger partial charge in [0.1, 0.15) is 5.75 Å². The Bertz CT molecular complexity index is 734. The number of benzene rings is 2. The van der Waals surface area contributed by atoms with E-state index in [-0.39, 0.29) is 18.0 Å². The third-order valence-electron chi connectivity index (χ3n) is 3.25. The molecule has 24 heavy (non-hydrogen) atoms. The fourth-order valence-corrected chi connectivity index (χ4v) is 2.10. The van der Waals surface area contributed by atoms with Crippen molar-refractivity contribution in [2.24, 2.45) is 0 Å². The maximum Gasteiger partial charge on any atom is 0.319 e. The fraction of sp³-hybridized carbons (Fsp3) is 0.188. The number of nitrogens with zero attached hydrogens (tertiary/aromatic N) is 1. The van der Waals surface area contributed by atoms with Crippen molar-refractivity contribution in [1.82, 2.24) is 5.32 Å². The van der Waals surface area contributed by atoms with E-state index >= 15 is 0 Å². The minimum absolute atomic E-state index is 0.0982. The number of anilines is 1. The Balaban J connectivity index is 2.11. The topological polar surface area (TPSA) is 103 Å². The van der Waals surface area contributed by atoms with Crippen LogP contribution < -0.4 is 20.1 Å². The molecule has 0 spiro atoms. The lowest BCUT2D eigenvalue weighted by Crippen LogP contribution is -2.28. The number of ether oxygens (including phenoxy) is 2. The van der Waals surface area contributed by atoms with Gasteiger partial charge in [0.2, 0.25) is 0 Å². The second-order valence-corrected chi connectivity index (χ2v) is 4.77. The predicted molar refractivity (Wildman–Crippen MR) is 88.5 cm³/mol. The molecule has 0 aliphatic rings. The molecule has 2 rings (SSSR count). The second-order valence-electron chi connectivity index (χ2n) is 4.77. The Morgan fingerprint density at radius 1 is 1.12 bits per heavy atom. The van der Waals surface area contributed by atoms with Crippen LogP contribution in [-0.2, 0) is 6.54 Å². The zero-order chi connectivity index (χ0) is 17.5. The average Bonchev–Trinajstić information content (AvgIpc) is 2.59. The Hall–Kier alpha value is -3.29. The highest BCUT2D eigenvalue weighted by molar-refractivity contribution is 5.89. The number of hydrogen-bond donors (Lipinski definition) is 2. The van der Waals surface area contributed by atoms with Crippen LogP contribution in [0.2, 0.25) is 0 Å². The van der Waals surface area contributed by atoms with E-state index in [1.165, 1.54) is 26.4 Å². The van der Waals surface area contributed by atoms with E-state index < -0.39 is 11.0 Å². The van der Waals surface area contributed by atoms with Crippen LogP contribution in [0.3, 0.4) is 0 Å². The van der Waals surface area contributed by atoms with Crippen LogP contribution in [0.1, 0.15) is 5.56 Å². The van der Waals surface area contributed by atoms with E-state index in [1.54, 1.807) is 24.3 Å².